The maximum atomic E-state index is 11.2. The lowest BCUT2D eigenvalue weighted by molar-refractivity contribution is -0.132. The van der Waals surface area contributed by atoms with E-state index in [2.05, 4.69) is 0 Å². The molecule has 2 heterocycles. The quantitative estimate of drug-likeness (QED) is 0.504. The van der Waals surface area contributed by atoms with Gasteiger partial charge in [-0.1, -0.05) is 0 Å². The maximum Gasteiger partial charge on any atom is 0.227 e. The highest BCUT2D eigenvalue weighted by molar-refractivity contribution is 6.05. The minimum absolute atomic E-state index is 0.0587. The molecule has 1 saturated heterocycles. The second-order valence-corrected chi connectivity index (χ2v) is 3.22. The van der Waals surface area contributed by atoms with Gasteiger partial charge in [-0.3, -0.25) is 9.59 Å². The topological polar surface area (TPSA) is 37.4 Å². The van der Waals surface area contributed by atoms with Gasteiger partial charge in [0.2, 0.25) is 5.91 Å². The molecule has 1 atom stereocenters. The lowest BCUT2D eigenvalue weighted by Gasteiger charge is -2.24. The molecular weight excluding hydrogens is 142 g/mol. The molecule has 1 unspecified atom stereocenters. The average molecular weight is 151 g/mol. The largest absolute Gasteiger partial charge is 0.306 e. The van der Waals surface area contributed by atoms with E-state index in [0.29, 0.717) is 12.8 Å². The van der Waals surface area contributed by atoms with E-state index in [1.54, 1.807) is 11.1 Å². The molecule has 58 valence electrons. The van der Waals surface area contributed by atoms with E-state index in [0.717, 1.165) is 0 Å². The molecule has 3 nitrogen and oxygen atoms in total. The Morgan fingerprint density at radius 2 is 2.27 bits per heavy atom. The zero-order valence-electron chi connectivity index (χ0n) is 6.33. The Morgan fingerprint density at radius 3 is 2.91 bits per heavy atom. The molecule has 2 aliphatic heterocycles. The second kappa shape index (κ2) is 1.72. The number of carbonyl (C=O) groups is 2. The molecule has 1 fully saturated rings. The average Bonchev–Trinajstić information content (AvgIpc) is 2.39. The van der Waals surface area contributed by atoms with Gasteiger partial charge in [-0.05, 0) is 19.4 Å². The third-order valence-corrected chi connectivity index (χ3v) is 2.53. The van der Waals surface area contributed by atoms with Gasteiger partial charge in [-0.15, -0.1) is 0 Å². The molecule has 0 N–H and O–H groups in total. The first-order valence-corrected chi connectivity index (χ1v) is 3.69. The minimum atomic E-state index is -0.531. The third-order valence-electron chi connectivity index (χ3n) is 2.53. The van der Waals surface area contributed by atoms with Gasteiger partial charge < -0.3 is 4.90 Å². The lowest BCUT2D eigenvalue weighted by Crippen LogP contribution is -2.41. The molecule has 0 radical (unpaired) electrons. The Balaban J connectivity index is 2.44. The van der Waals surface area contributed by atoms with Gasteiger partial charge in [0.1, 0.15) is 5.54 Å². The van der Waals surface area contributed by atoms with Crippen molar-refractivity contribution in [2.24, 2.45) is 0 Å². The monoisotopic (exact) mass is 151 g/mol. The number of amides is 1. The Bertz CT molecular complexity index is 269. The molecule has 0 aromatic carbocycles. The zero-order chi connectivity index (χ0) is 8.06. The van der Waals surface area contributed by atoms with Crippen molar-refractivity contribution in [3.8, 4) is 0 Å². The Morgan fingerprint density at radius 1 is 1.55 bits per heavy atom. The summed E-state index contributed by atoms with van der Waals surface area (Å²) in [7, 11) is 0. The normalized spacial score (nSPS) is 35.2. The smallest absolute Gasteiger partial charge is 0.227 e. The second-order valence-electron chi connectivity index (χ2n) is 3.22. The molecule has 2 rings (SSSR count). The maximum absolute atomic E-state index is 11.2. The van der Waals surface area contributed by atoms with E-state index in [9.17, 15) is 9.59 Å². The van der Waals surface area contributed by atoms with Crippen molar-refractivity contribution < 1.29 is 9.59 Å². The molecule has 11 heavy (non-hydrogen) atoms. The summed E-state index contributed by atoms with van der Waals surface area (Å²) in [5.41, 5.74) is -0.531. The van der Waals surface area contributed by atoms with Crippen molar-refractivity contribution in [3.63, 3.8) is 0 Å². The highest BCUT2D eigenvalue weighted by Gasteiger charge is 2.48. The standard InChI is InChI=1S/C8H9NO2/c1-8-4-2-7(11)9(8)5-3-6(8)10/h3,5H,2,4H2,1H3. The first-order chi connectivity index (χ1) is 5.14. The van der Waals surface area contributed by atoms with Gasteiger partial charge in [-0.2, -0.15) is 0 Å². The fraction of sp³-hybridized carbons (Fsp3) is 0.500. The number of ketones is 1. The number of hydrogen-bond acceptors (Lipinski definition) is 2. The van der Waals surface area contributed by atoms with Crippen LogP contribution in [-0.4, -0.2) is 22.1 Å². The van der Waals surface area contributed by atoms with Gasteiger partial charge in [0.05, 0.1) is 0 Å². The Kier molecular flexibility index (Phi) is 1.03. The summed E-state index contributed by atoms with van der Waals surface area (Å²) >= 11 is 0. The van der Waals surface area contributed by atoms with Crippen LogP contribution in [0.3, 0.4) is 0 Å². The molecule has 0 bridgehead atoms. The summed E-state index contributed by atoms with van der Waals surface area (Å²) in [4.78, 5) is 23.9. The molecule has 0 saturated carbocycles. The number of carbonyl (C=O) groups excluding carboxylic acids is 2. The number of nitrogens with zero attached hydrogens (tertiary/aromatic N) is 1. The zero-order valence-corrected chi connectivity index (χ0v) is 6.33. The molecule has 0 aromatic rings. The van der Waals surface area contributed by atoms with Crippen LogP contribution in [0.2, 0.25) is 0 Å². The summed E-state index contributed by atoms with van der Waals surface area (Å²) in [6.45, 7) is 1.82. The summed E-state index contributed by atoms with van der Waals surface area (Å²) in [5.74, 6) is 0.123. The molecular formula is C8H9NO2. The van der Waals surface area contributed by atoms with E-state index in [1.807, 2.05) is 6.92 Å². The van der Waals surface area contributed by atoms with Crippen LogP contribution in [0.4, 0.5) is 0 Å². The summed E-state index contributed by atoms with van der Waals surface area (Å²) in [6, 6.07) is 0. The van der Waals surface area contributed by atoms with Crippen molar-refractivity contribution in [2.45, 2.75) is 25.3 Å². The van der Waals surface area contributed by atoms with Crippen molar-refractivity contribution >= 4 is 11.7 Å². The Hall–Kier alpha value is -1.12. The van der Waals surface area contributed by atoms with E-state index in [1.165, 1.54) is 6.08 Å². The summed E-state index contributed by atoms with van der Waals surface area (Å²) in [5, 5.41) is 0. The lowest BCUT2D eigenvalue weighted by atomic mass is 9.96. The van der Waals surface area contributed by atoms with Crippen LogP contribution in [0.25, 0.3) is 0 Å². The highest BCUT2D eigenvalue weighted by Crippen LogP contribution is 2.34. The van der Waals surface area contributed by atoms with Gasteiger partial charge >= 0.3 is 0 Å². The summed E-state index contributed by atoms with van der Waals surface area (Å²) < 4.78 is 0. The van der Waals surface area contributed by atoms with Crippen molar-refractivity contribution in [3.05, 3.63) is 12.3 Å². The predicted octanol–water partition coefficient (Wildman–Crippen LogP) is 0.464. The molecule has 1 amide bonds. The van der Waals surface area contributed by atoms with E-state index in [-0.39, 0.29) is 11.7 Å². The third kappa shape index (κ3) is 0.628. The fourth-order valence-corrected chi connectivity index (χ4v) is 1.68. The number of hydrogen-bond donors (Lipinski definition) is 0. The Labute approximate surface area is 64.7 Å². The molecule has 2 aliphatic rings. The van der Waals surface area contributed by atoms with Crippen LogP contribution in [-0.2, 0) is 9.59 Å². The van der Waals surface area contributed by atoms with Crippen LogP contribution in [0.15, 0.2) is 12.3 Å². The van der Waals surface area contributed by atoms with Crippen LogP contribution in [0, 0.1) is 0 Å². The van der Waals surface area contributed by atoms with Crippen LogP contribution in [0.5, 0.6) is 0 Å². The number of rotatable bonds is 0. The van der Waals surface area contributed by atoms with Gasteiger partial charge in [0.25, 0.3) is 0 Å². The van der Waals surface area contributed by atoms with Gasteiger partial charge in [0, 0.05) is 12.6 Å². The van der Waals surface area contributed by atoms with E-state index < -0.39 is 5.54 Å². The first kappa shape index (κ1) is 6.58. The van der Waals surface area contributed by atoms with Gasteiger partial charge in [-0.25, -0.2) is 0 Å². The molecule has 3 heteroatoms. The molecule has 0 spiro atoms. The molecule has 0 aromatic heterocycles. The number of fused-ring (bicyclic) bond motifs is 1. The predicted molar refractivity (Wildman–Crippen MR) is 38.6 cm³/mol. The van der Waals surface area contributed by atoms with E-state index >= 15 is 0 Å². The highest BCUT2D eigenvalue weighted by atomic mass is 16.2. The SMILES string of the molecule is CC12CCC(=O)N1C=CC2=O. The van der Waals surface area contributed by atoms with E-state index in [4.69, 9.17) is 0 Å². The first-order valence-electron chi connectivity index (χ1n) is 3.69. The van der Waals surface area contributed by atoms with Crippen molar-refractivity contribution in [1.82, 2.24) is 4.90 Å². The van der Waals surface area contributed by atoms with Crippen molar-refractivity contribution in [2.75, 3.05) is 0 Å². The van der Waals surface area contributed by atoms with Crippen LogP contribution < -0.4 is 0 Å². The molecule has 0 aliphatic carbocycles. The van der Waals surface area contributed by atoms with Crippen LogP contribution >= 0.6 is 0 Å². The van der Waals surface area contributed by atoms with Crippen LogP contribution in [0.1, 0.15) is 19.8 Å². The van der Waals surface area contributed by atoms with Crippen molar-refractivity contribution in [1.29, 1.82) is 0 Å². The summed E-state index contributed by atoms with van der Waals surface area (Å²) in [6.07, 6.45) is 4.25. The van der Waals surface area contributed by atoms with Gasteiger partial charge in [0.15, 0.2) is 5.78 Å². The fourth-order valence-electron chi connectivity index (χ4n) is 1.68. The minimum Gasteiger partial charge on any atom is -0.306 e.